The van der Waals surface area contributed by atoms with Gasteiger partial charge in [-0.15, -0.1) is 0 Å². The normalized spacial score (nSPS) is 23.1. The summed E-state index contributed by atoms with van der Waals surface area (Å²) in [6, 6.07) is 15.1. The average Bonchev–Trinajstić information content (AvgIpc) is 3.40. The lowest BCUT2D eigenvalue weighted by molar-refractivity contribution is -0.196. The first-order chi connectivity index (χ1) is 15.5. The number of aryl methyl sites for hydroxylation is 1. The van der Waals surface area contributed by atoms with Crippen molar-refractivity contribution in [1.82, 2.24) is 15.2 Å². The molecular weight excluding hydrogens is 408 g/mol. The summed E-state index contributed by atoms with van der Waals surface area (Å²) in [4.78, 5) is 24.4. The van der Waals surface area contributed by atoms with Crippen molar-refractivity contribution in [2.24, 2.45) is 13.0 Å². The second-order valence-electron chi connectivity index (χ2n) is 8.56. The SMILES string of the molecule is Cn1c(=O)oc2ccc(-c3ccc(C[C@@H](C#N)NC(=O)[C@H]4CO[C@@]45CCNC5)cc3)cc21. The standard InChI is InChI=1S/C24H24N4O4/c1-28-20-11-17(6-7-21(20)32-23(28)30)16-4-2-15(3-5-16)10-18(12-25)27-22(29)19-13-31-24(19)8-9-26-14-24/h2-7,11,18-19,26H,8-10,13-14H2,1H3,(H,27,29)/t18-,19+,24+/m0/s1. The fourth-order valence-electron chi connectivity index (χ4n) is 4.60. The molecule has 0 aliphatic carbocycles. The van der Waals surface area contributed by atoms with Crippen LogP contribution in [0.3, 0.4) is 0 Å². The second-order valence-corrected chi connectivity index (χ2v) is 8.56. The van der Waals surface area contributed by atoms with Gasteiger partial charge in [-0.05, 0) is 41.8 Å². The lowest BCUT2D eigenvalue weighted by atomic mass is 9.81. The van der Waals surface area contributed by atoms with Crippen molar-refractivity contribution in [3.05, 3.63) is 58.6 Å². The molecule has 1 amide bonds. The van der Waals surface area contributed by atoms with Gasteiger partial charge < -0.3 is 19.8 Å². The molecule has 3 heterocycles. The van der Waals surface area contributed by atoms with Crippen LogP contribution in [0.1, 0.15) is 12.0 Å². The van der Waals surface area contributed by atoms with Crippen molar-refractivity contribution in [1.29, 1.82) is 5.26 Å². The van der Waals surface area contributed by atoms with E-state index in [1.54, 1.807) is 13.1 Å². The minimum absolute atomic E-state index is 0.109. The van der Waals surface area contributed by atoms with E-state index >= 15 is 0 Å². The molecule has 2 fully saturated rings. The third kappa shape index (κ3) is 3.49. The first-order valence-corrected chi connectivity index (χ1v) is 10.7. The number of rotatable bonds is 5. The molecule has 2 aliphatic rings. The van der Waals surface area contributed by atoms with Gasteiger partial charge >= 0.3 is 5.76 Å². The van der Waals surface area contributed by atoms with Crippen molar-refractivity contribution < 1.29 is 13.9 Å². The van der Waals surface area contributed by atoms with Crippen LogP contribution in [0.5, 0.6) is 0 Å². The van der Waals surface area contributed by atoms with Crippen LogP contribution in [-0.4, -0.2) is 41.8 Å². The molecule has 2 N–H and O–H groups in total. The van der Waals surface area contributed by atoms with Crippen molar-refractivity contribution in [2.45, 2.75) is 24.5 Å². The Labute approximate surface area is 184 Å². The molecule has 0 unspecified atom stereocenters. The lowest BCUT2D eigenvalue weighted by Crippen LogP contribution is -2.61. The number of ether oxygens (including phenoxy) is 1. The number of oxazole rings is 1. The van der Waals surface area contributed by atoms with E-state index in [4.69, 9.17) is 9.15 Å². The Hall–Kier alpha value is -3.41. The molecule has 1 aromatic heterocycles. The van der Waals surface area contributed by atoms with Crippen LogP contribution >= 0.6 is 0 Å². The number of nitrogens with one attached hydrogen (secondary N) is 2. The average molecular weight is 432 g/mol. The molecule has 5 rings (SSSR count). The Bertz CT molecular complexity index is 1260. The van der Waals surface area contributed by atoms with Crippen LogP contribution in [0, 0.1) is 17.2 Å². The lowest BCUT2D eigenvalue weighted by Gasteiger charge is -2.45. The van der Waals surface area contributed by atoms with Crippen LogP contribution in [0.2, 0.25) is 0 Å². The van der Waals surface area contributed by atoms with E-state index in [-0.39, 0.29) is 17.6 Å². The van der Waals surface area contributed by atoms with Gasteiger partial charge in [0.1, 0.15) is 6.04 Å². The highest BCUT2D eigenvalue weighted by Crippen LogP contribution is 2.38. The Morgan fingerprint density at radius 1 is 1.31 bits per heavy atom. The number of nitrogens with zero attached hydrogens (tertiary/aromatic N) is 2. The Morgan fingerprint density at radius 2 is 2.09 bits per heavy atom. The number of aromatic nitrogens is 1. The zero-order valence-corrected chi connectivity index (χ0v) is 17.8. The molecule has 3 aromatic rings. The number of fused-ring (bicyclic) bond motifs is 1. The summed E-state index contributed by atoms with van der Waals surface area (Å²) in [6.07, 6.45) is 1.25. The summed E-state index contributed by atoms with van der Waals surface area (Å²) in [5.41, 5.74) is 3.80. The van der Waals surface area contributed by atoms with Gasteiger partial charge in [0.2, 0.25) is 5.91 Å². The maximum atomic E-state index is 12.7. The maximum absolute atomic E-state index is 12.7. The van der Waals surface area contributed by atoms with E-state index < -0.39 is 11.6 Å². The molecule has 164 valence electrons. The Morgan fingerprint density at radius 3 is 2.75 bits per heavy atom. The van der Waals surface area contributed by atoms with E-state index in [1.807, 2.05) is 36.4 Å². The molecule has 2 aliphatic heterocycles. The summed E-state index contributed by atoms with van der Waals surface area (Å²) < 4.78 is 12.4. The molecule has 0 saturated carbocycles. The fraction of sp³-hybridized carbons (Fsp3) is 0.375. The highest BCUT2D eigenvalue weighted by atomic mass is 16.5. The number of carbonyl (C=O) groups is 1. The predicted molar refractivity (Wildman–Crippen MR) is 118 cm³/mol. The molecular formula is C24H24N4O4. The van der Waals surface area contributed by atoms with Gasteiger partial charge in [-0.1, -0.05) is 30.3 Å². The predicted octanol–water partition coefficient (Wildman–Crippen LogP) is 1.73. The molecule has 3 atom stereocenters. The van der Waals surface area contributed by atoms with Gasteiger partial charge in [-0.2, -0.15) is 5.26 Å². The molecule has 8 heteroatoms. The first kappa shape index (κ1) is 20.5. The molecule has 0 bridgehead atoms. The van der Waals surface area contributed by atoms with Crippen molar-refractivity contribution in [3.8, 4) is 17.2 Å². The zero-order valence-electron chi connectivity index (χ0n) is 17.8. The molecule has 32 heavy (non-hydrogen) atoms. The topological polar surface area (TPSA) is 109 Å². The van der Waals surface area contributed by atoms with E-state index in [1.165, 1.54) is 4.57 Å². The highest BCUT2D eigenvalue weighted by Gasteiger charge is 2.53. The smallest absolute Gasteiger partial charge is 0.408 e. The Balaban J connectivity index is 1.26. The summed E-state index contributed by atoms with van der Waals surface area (Å²) in [5, 5.41) is 15.7. The van der Waals surface area contributed by atoms with Gasteiger partial charge in [-0.3, -0.25) is 9.36 Å². The van der Waals surface area contributed by atoms with Crippen LogP contribution in [0.4, 0.5) is 0 Å². The second kappa shape index (κ2) is 7.93. The molecule has 2 saturated heterocycles. The summed E-state index contributed by atoms with van der Waals surface area (Å²) in [5.74, 6) is -0.702. The van der Waals surface area contributed by atoms with Crippen LogP contribution < -0.4 is 16.4 Å². The monoisotopic (exact) mass is 432 g/mol. The number of hydrogen-bond acceptors (Lipinski definition) is 6. The molecule has 8 nitrogen and oxygen atoms in total. The first-order valence-electron chi connectivity index (χ1n) is 10.7. The minimum atomic E-state index is -0.600. The van der Waals surface area contributed by atoms with E-state index in [9.17, 15) is 14.9 Å². The van der Waals surface area contributed by atoms with Gasteiger partial charge in [0, 0.05) is 20.0 Å². The van der Waals surface area contributed by atoms with Crippen molar-refractivity contribution in [3.63, 3.8) is 0 Å². The molecule has 1 spiro atoms. The van der Waals surface area contributed by atoms with Gasteiger partial charge in [0.25, 0.3) is 0 Å². The molecule has 0 radical (unpaired) electrons. The van der Waals surface area contributed by atoms with Crippen LogP contribution in [0.25, 0.3) is 22.2 Å². The highest BCUT2D eigenvalue weighted by molar-refractivity contribution is 5.82. The van der Waals surface area contributed by atoms with Gasteiger partial charge in [0.15, 0.2) is 5.58 Å². The largest absolute Gasteiger partial charge is 0.419 e. The van der Waals surface area contributed by atoms with Crippen molar-refractivity contribution in [2.75, 3.05) is 19.7 Å². The number of benzene rings is 2. The third-order valence-electron chi connectivity index (χ3n) is 6.63. The van der Waals surface area contributed by atoms with E-state index in [0.717, 1.165) is 35.2 Å². The van der Waals surface area contributed by atoms with E-state index in [2.05, 4.69) is 16.7 Å². The van der Waals surface area contributed by atoms with Crippen molar-refractivity contribution >= 4 is 17.0 Å². The fourth-order valence-corrected chi connectivity index (χ4v) is 4.60. The summed E-state index contributed by atoms with van der Waals surface area (Å²) in [7, 11) is 1.68. The number of carbonyl (C=O) groups excluding carboxylic acids is 1. The molecule has 2 aromatic carbocycles. The summed E-state index contributed by atoms with van der Waals surface area (Å²) in [6.45, 7) is 1.94. The van der Waals surface area contributed by atoms with Crippen LogP contribution in [0.15, 0.2) is 51.7 Å². The van der Waals surface area contributed by atoms with E-state index in [0.29, 0.717) is 25.2 Å². The minimum Gasteiger partial charge on any atom is -0.408 e. The van der Waals surface area contributed by atoms with Crippen LogP contribution in [-0.2, 0) is 23.0 Å². The Kier molecular flexibility index (Phi) is 5.08. The maximum Gasteiger partial charge on any atom is 0.419 e. The third-order valence-corrected chi connectivity index (χ3v) is 6.63. The van der Waals surface area contributed by atoms with Gasteiger partial charge in [0.05, 0.1) is 29.7 Å². The quantitative estimate of drug-likeness (QED) is 0.636. The number of nitriles is 1. The zero-order chi connectivity index (χ0) is 22.3. The number of amides is 1. The number of hydrogen-bond donors (Lipinski definition) is 2. The van der Waals surface area contributed by atoms with Gasteiger partial charge in [-0.25, -0.2) is 4.79 Å². The summed E-state index contributed by atoms with van der Waals surface area (Å²) >= 11 is 0.